The Bertz CT molecular complexity index is 911. The molecule has 1 aliphatic carbocycles. The second kappa shape index (κ2) is 7.12. The first-order valence-electron chi connectivity index (χ1n) is 9.00. The van der Waals surface area contributed by atoms with Crippen molar-refractivity contribution < 1.29 is 4.74 Å². The fourth-order valence-electron chi connectivity index (χ4n) is 3.50. The van der Waals surface area contributed by atoms with Crippen LogP contribution in [0.25, 0.3) is 11.5 Å². The summed E-state index contributed by atoms with van der Waals surface area (Å²) in [7, 11) is 1.73. The van der Waals surface area contributed by atoms with Crippen molar-refractivity contribution in [2.45, 2.75) is 32.2 Å². The second-order valence-corrected chi connectivity index (χ2v) is 6.40. The molecule has 3 aromatic rings. The zero-order valence-corrected chi connectivity index (χ0v) is 15.1. The summed E-state index contributed by atoms with van der Waals surface area (Å²) in [5, 5.41) is 3.60. The molecule has 0 aliphatic heterocycles. The van der Waals surface area contributed by atoms with E-state index < -0.39 is 0 Å². The molecule has 4 rings (SSSR count). The summed E-state index contributed by atoms with van der Waals surface area (Å²) in [5.74, 6) is 2.48. The highest BCUT2D eigenvalue weighted by Gasteiger charge is 2.25. The number of anilines is 1. The maximum Gasteiger partial charge on any atom is 0.180 e. The molecule has 1 atom stereocenters. The van der Waals surface area contributed by atoms with Gasteiger partial charge in [-0.15, -0.1) is 0 Å². The molecule has 2 aromatic heterocycles. The van der Waals surface area contributed by atoms with Crippen molar-refractivity contribution in [1.29, 1.82) is 0 Å². The molecular formula is C21H22N4O. The molecular weight excluding hydrogens is 324 g/mol. The summed E-state index contributed by atoms with van der Waals surface area (Å²) in [6.07, 6.45) is 4.66. The third-order valence-electron chi connectivity index (χ3n) is 4.81. The van der Waals surface area contributed by atoms with Gasteiger partial charge in [0.1, 0.15) is 17.3 Å². The predicted molar refractivity (Wildman–Crippen MR) is 102 cm³/mol. The molecule has 1 aromatic carbocycles. The number of nitrogens with zero attached hydrogens (tertiary/aromatic N) is 3. The van der Waals surface area contributed by atoms with E-state index >= 15 is 0 Å². The van der Waals surface area contributed by atoms with Gasteiger partial charge in [-0.2, -0.15) is 0 Å². The molecule has 26 heavy (non-hydrogen) atoms. The molecule has 1 unspecified atom stereocenters. The van der Waals surface area contributed by atoms with Crippen LogP contribution in [0.2, 0.25) is 0 Å². The van der Waals surface area contributed by atoms with Crippen LogP contribution in [-0.2, 0) is 12.8 Å². The first-order chi connectivity index (χ1) is 12.8. The van der Waals surface area contributed by atoms with Crippen molar-refractivity contribution in [3.05, 3.63) is 65.5 Å². The van der Waals surface area contributed by atoms with Gasteiger partial charge in [0, 0.05) is 18.0 Å². The van der Waals surface area contributed by atoms with Crippen LogP contribution >= 0.6 is 0 Å². The Morgan fingerprint density at radius 1 is 1.15 bits per heavy atom. The van der Waals surface area contributed by atoms with E-state index in [2.05, 4.69) is 34.3 Å². The molecule has 0 radical (unpaired) electrons. The predicted octanol–water partition coefficient (Wildman–Crippen LogP) is 4.21. The Labute approximate surface area is 153 Å². The van der Waals surface area contributed by atoms with Gasteiger partial charge in [-0.05, 0) is 48.6 Å². The van der Waals surface area contributed by atoms with E-state index in [0.717, 1.165) is 42.2 Å². The van der Waals surface area contributed by atoms with E-state index in [1.807, 2.05) is 30.3 Å². The number of methoxy groups -OCH3 is 1. The topological polar surface area (TPSA) is 59.9 Å². The molecule has 0 saturated carbocycles. The van der Waals surface area contributed by atoms with Crippen LogP contribution < -0.4 is 10.1 Å². The SMILES string of the molecule is CCc1cc(NC2CCc3c(OC)cccc32)nc(-c2ccccn2)n1. The molecule has 2 heterocycles. The van der Waals surface area contributed by atoms with Crippen molar-refractivity contribution in [1.82, 2.24) is 15.0 Å². The van der Waals surface area contributed by atoms with Crippen LogP contribution in [0.5, 0.6) is 5.75 Å². The summed E-state index contributed by atoms with van der Waals surface area (Å²) in [6, 6.07) is 14.3. The Balaban J connectivity index is 1.66. The average Bonchev–Trinajstić information content (AvgIpc) is 3.11. The van der Waals surface area contributed by atoms with Gasteiger partial charge in [-0.3, -0.25) is 4.98 Å². The van der Waals surface area contributed by atoms with Gasteiger partial charge in [0.25, 0.3) is 0 Å². The first kappa shape index (κ1) is 16.5. The Morgan fingerprint density at radius 2 is 2.08 bits per heavy atom. The van der Waals surface area contributed by atoms with Crippen molar-refractivity contribution >= 4 is 5.82 Å². The van der Waals surface area contributed by atoms with Crippen molar-refractivity contribution in [3.8, 4) is 17.3 Å². The lowest BCUT2D eigenvalue weighted by atomic mass is 10.1. The number of nitrogens with one attached hydrogen (secondary N) is 1. The molecule has 5 nitrogen and oxygen atoms in total. The smallest absolute Gasteiger partial charge is 0.180 e. The van der Waals surface area contributed by atoms with Gasteiger partial charge in [0.05, 0.1) is 13.2 Å². The van der Waals surface area contributed by atoms with Gasteiger partial charge in [-0.25, -0.2) is 9.97 Å². The largest absolute Gasteiger partial charge is 0.496 e. The second-order valence-electron chi connectivity index (χ2n) is 6.40. The van der Waals surface area contributed by atoms with Crippen LogP contribution in [0.3, 0.4) is 0 Å². The molecule has 132 valence electrons. The van der Waals surface area contributed by atoms with E-state index in [4.69, 9.17) is 9.72 Å². The lowest BCUT2D eigenvalue weighted by Gasteiger charge is -2.16. The van der Waals surface area contributed by atoms with E-state index in [1.54, 1.807) is 13.3 Å². The normalized spacial score (nSPS) is 15.5. The number of ether oxygens (including phenoxy) is 1. The zero-order chi connectivity index (χ0) is 17.9. The molecule has 5 heteroatoms. The van der Waals surface area contributed by atoms with Gasteiger partial charge >= 0.3 is 0 Å². The molecule has 1 aliphatic rings. The monoisotopic (exact) mass is 346 g/mol. The van der Waals surface area contributed by atoms with E-state index in [-0.39, 0.29) is 6.04 Å². The fraction of sp³-hybridized carbons (Fsp3) is 0.286. The quantitative estimate of drug-likeness (QED) is 0.750. The lowest BCUT2D eigenvalue weighted by molar-refractivity contribution is 0.410. The Kier molecular flexibility index (Phi) is 4.52. The number of pyridine rings is 1. The molecule has 0 spiro atoms. The van der Waals surface area contributed by atoms with Crippen molar-refractivity contribution in [2.75, 3.05) is 12.4 Å². The van der Waals surface area contributed by atoms with E-state index in [9.17, 15) is 0 Å². The average molecular weight is 346 g/mol. The standard InChI is InChI=1S/C21H22N4O/c1-3-14-13-20(25-21(23-14)18-8-4-5-12-22-18)24-17-11-10-16-15(17)7-6-9-19(16)26-2/h4-9,12-13,17H,3,10-11H2,1-2H3,(H,23,24,25). The summed E-state index contributed by atoms with van der Waals surface area (Å²) in [5.41, 5.74) is 4.38. The summed E-state index contributed by atoms with van der Waals surface area (Å²) in [6.45, 7) is 2.10. The first-order valence-corrected chi connectivity index (χ1v) is 9.00. The maximum absolute atomic E-state index is 5.51. The number of hydrogen-bond donors (Lipinski definition) is 1. The number of hydrogen-bond acceptors (Lipinski definition) is 5. The molecule has 1 N–H and O–H groups in total. The number of benzene rings is 1. The summed E-state index contributed by atoms with van der Waals surface area (Å²) >= 11 is 0. The van der Waals surface area contributed by atoms with Gasteiger partial charge in [0.2, 0.25) is 0 Å². The molecule has 0 bridgehead atoms. The third kappa shape index (κ3) is 3.12. The lowest BCUT2D eigenvalue weighted by Crippen LogP contribution is -2.10. The number of aromatic nitrogens is 3. The Morgan fingerprint density at radius 3 is 2.85 bits per heavy atom. The van der Waals surface area contributed by atoms with Gasteiger partial charge in [-0.1, -0.05) is 25.1 Å². The Hall–Kier alpha value is -2.95. The minimum Gasteiger partial charge on any atom is -0.496 e. The van der Waals surface area contributed by atoms with Gasteiger partial charge in [0.15, 0.2) is 5.82 Å². The van der Waals surface area contributed by atoms with E-state index in [1.165, 1.54) is 11.1 Å². The highest BCUT2D eigenvalue weighted by Crippen LogP contribution is 2.38. The van der Waals surface area contributed by atoms with Crippen molar-refractivity contribution in [2.24, 2.45) is 0 Å². The van der Waals surface area contributed by atoms with Crippen LogP contribution in [0.4, 0.5) is 5.82 Å². The zero-order valence-electron chi connectivity index (χ0n) is 15.1. The fourth-order valence-corrected chi connectivity index (χ4v) is 3.50. The highest BCUT2D eigenvalue weighted by molar-refractivity contribution is 5.55. The maximum atomic E-state index is 5.51. The van der Waals surface area contributed by atoms with E-state index in [0.29, 0.717) is 5.82 Å². The van der Waals surface area contributed by atoms with Crippen LogP contribution in [-0.4, -0.2) is 22.1 Å². The van der Waals surface area contributed by atoms with Crippen molar-refractivity contribution in [3.63, 3.8) is 0 Å². The molecule has 0 saturated heterocycles. The highest BCUT2D eigenvalue weighted by atomic mass is 16.5. The number of aryl methyl sites for hydroxylation is 1. The van der Waals surface area contributed by atoms with Crippen LogP contribution in [0.1, 0.15) is 36.2 Å². The number of rotatable bonds is 5. The van der Waals surface area contributed by atoms with Gasteiger partial charge < -0.3 is 10.1 Å². The van der Waals surface area contributed by atoms with Crippen LogP contribution in [0, 0.1) is 0 Å². The summed E-state index contributed by atoms with van der Waals surface area (Å²) in [4.78, 5) is 13.7. The number of fused-ring (bicyclic) bond motifs is 1. The molecule has 0 amide bonds. The minimum atomic E-state index is 0.233. The third-order valence-corrected chi connectivity index (χ3v) is 4.81. The minimum absolute atomic E-state index is 0.233. The molecule has 0 fully saturated rings. The van der Waals surface area contributed by atoms with Crippen LogP contribution in [0.15, 0.2) is 48.7 Å². The summed E-state index contributed by atoms with van der Waals surface area (Å²) < 4.78 is 5.51.